The summed E-state index contributed by atoms with van der Waals surface area (Å²) in [7, 11) is 5.15. The molecular formula is C51H58F3N11O5. The van der Waals surface area contributed by atoms with E-state index < -0.39 is 29.4 Å². The van der Waals surface area contributed by atoms with Crippen LogP contribution in [-0.2, 0) is 36.8 Å². The summed E-state index contributed by atoms with van der Waals surface area (Å²) >= 11 is 0. The van der Waals surface area contributed by atoms with Crippen LogP contribution in [-0.4, -0.2) is 127 Å². The number of aromatic nitrogens is 5. The highest BCUT2D eigenvalue weighted by atomic mass is 19.1. The number of pyridine rings is 2. The first-order valence-corrected chi connectivity index (χ1v) is 24.3. The number of piperazine rings is 1. The number of aryl methyl sites for hydroxylation is 2. The van der Waals surface area contributed by atoms with Gasteiger partial charge in [0, 0.05) is 121 Å². The van der Waals surface area contributed by atoms with Crippen molar-refractivity contribution in [3.05, 3.63) is 122 Å². The molecule has 368 valence electrons. The number of likely N-dealkylation sites (tertiary alicyclic amines) is 2. The van der Waals surface area contributed by atoms with E-state index in [2.05, 4.69) is 30.3 Å². The summed E-state index contributed by atoms with van der Waals surface area (Å²) in [4.78, 5) is 77.4. The Labute approximate surface area is 402 Å². The number of rotatable bonds is 11. The topological polar surface area (TPSA) is 155 Å². The highest BCUT2D eigenvalue weighted by molar-refractivity contribution is 6.00. The van der Waals surface area contributed by atoms with Crippen molar-refractivity contribution in [1.82, 2.24) is 48.2 Å². The second kappa shape index (κ2) is 19.3. The Balaban J connectivity index is 0.691. The molecule has 0 saturated carbocycles. The van der Waals surface area contributed by atoms with Crippen LogP contribution in [0.5, 0.6) is 0 Å². The molecule has 6 aromatic rings. The predicted molar refractivity (Wildman–Crippen MR) is 258 cm³/mol. The number of fused-ring (bicyclic) bond motifs is 2. The monoisotopic (exact) mass is 961 g/mol. The highest BCUT2D eigenvalue weighted by Crippen LogP contribution is 2.35. The Hall–Kier alpha value is -6.57. The van der Waals surface area contributed by atoms with E-state index in [4.69, 9.17) is 0 Å². The molecule has 3 amide bonds. The zero-order chi connectivity index (χ0) is 49.0. The van der Waals surface area contributed by atoms with E-state index in [1.54, 1.807) is 35.8 Å². The van der Waals surface area contributed by atoms with E-state index in [-0.39, 0.29) is 52.2 Å². The number of carbonyl (C=O) groups is 3. The predicted octanol–water partition coefficient (Wildman–Crippen LogP) is 4.86. The van der Waals surface area contributed by atoms with Gasteiger partial charge in [-0.05, 0) is 99.0 Å². The Morgan fingerprint density at radius 1 is 0.757 bits per heavy atom. The van der Waals surface area contributed by atoms with Crippen molar-refractivity contribution in [2.45, 2.75) is 63.6 Å². The molecule has 0 bridgehead atoms. The lowest BCUT2D eigenvalue weighted by atomic mass is 9.87. The minimum absolute atomic E-state index is 0.0326. The molecule has 1 unspecified atom stereocenters. The maximum Gasteiger partial charge on any atom is 0.329 e. The molecule has 4 saturated heterocycles. The summed E-state index contributed by atoms with van der Waals surface area (Å²) in [6, 6.07) is 12.5. The molecule has 16 nitrogen and oxygen atoms in total. The number of amides is 3. The largest absolute Gasteiger partial charge is 0.386 e. The molecule has 19 heteroatoms. The average Bonchev–Trinajstić information content (AvgIpc) is 3.80. The van der Waals surface area contributed by atoms with Crippen molar-refractivity contribution >= 4 is 45.5 Å². The molecule has 4 aliphatic heterocycles. The second-order valence-corrected chi connectivity index (χ2v) is 19.5. The van der Waals surface area contributed by atoms with Gasteiger partial charge in [-0.3, -0.25) is 48.0 Å². The number of benzene rings is 2. The molecule has 0 aliphatic carbocycles. The van der Waals surface area contributed by atoms with Gasteiger partial charge in [0.1, 0.15) is 23.3 Å². The van der Waals surface area contributed by atoms with Crippen LogP contribution in [0.1, 0.15) is 77.7 Å². The average molecular weight is 962 g/mol. The van der Waals surface area contributed by atoms with Gasteiger partial charge in [0.15, 0.2) is 5.82 Å². The molecule has 1 atom stereocenters. The van der Waals surface area contributed by atoms with Gasteiger partial charge in [-0.1, -0.05) is 6.07 Å². The summed E-state index contributed by atoms with van der Waals surface area (Å²) in [6.07, 6.45) is 5.94. The lowest BCUT2D eigenvalue weighted by molar-refractivity contribution is -0.135. The van der Waals surface area contributed by atoms with Crippen molar-refractivity contribution in [1.29, 1.82) is 0 Å². The molecule has 4 aliphatic rings. The van der Waals surface area contributed by atoms with Gasteiger partial charge in [0.25, 0.3) is 11.5 Å². The fraction of sp³-hybridized carbons (Fsp3) is 0.451. The first-order valence-electron chi connectivity index (χ1n) is 24.3. The van der Waals surface area contributed by atoms with Crippen LogP contribution in [0.15, 0.2) is 70.5 Å². The lowest BCUT2D eigenvalue weighted by Gasteiger charge is -2.39. The van der Waals surface area contributed by atoms with E-state index in [1.165, 1.54) is 33.5 Å². The third kappa shape index (κ3) is 9.05. The fourth-order valence-electron chi connectivity index (χ4n) is 11.2. The van der Waals surface area contributed by atoms with Crippen LogP contribution in [0.3, 0.4) is 0 Å². The summed E-state index contributed by atoms with van der Waals surface area (Å²) in [5.41, 5.74) is 4.10. The molecule has 0 spiro atoms. The van der Waals surface area contributed by atoms with Crippen LogP contribution in [0.4, 0.5) is 18.9 Å². The molecule has 0 radical (unpaired) electrons. The number of piperidine rings is 3. The molecule has 8 heterocycles. The van der Waals surface area contributed by atoms with Crippen molar-refractivity contribution in [2.24, 2.45) is 20.0 Å². The Morgan fingerprint density at radius 2 is 1.46 bits per heavy atom. The number of hydrogen-bond donors (Lipinski definition) is 2. The third-order valence-corrected chi connectivity index (χ3v) is 15.2. The number of carbonyl (C=O) groups excluding carboxylic acids is 3. The maximum absolute atomic E-state index is 15.8. The van der Waals surface area contributed by atoms with Crippen LogP contribution in [0, 0.1) is 23.4 Å². The Bertz CT molecular complexity index is 3110. The van der Waals surface area contributed by atoms with Crippen LogP contribution < -0.4 is 21.9 Å². The first-order chi connectivity index (χ1) is 33.7. The van der Waals surface area contributed by atoms with Gasteiger partial charge in [-0.15, -0.1) is 0 Å². The van der Waals surface area contributed by atoms with Gasteiger partial charge in [-0.2, -0.15) is 0 Å². The fourth-order valence-corrected chi connectivity index (χ4v) is 11.2. The summed E-state index contributed by atoms with van der Waals surface area (Å²) in [6.45, 7) is 8.01. The van der Waals surface area contributed by atoms with Crippen LogP contribution in [0.2, 0.25) is 0 Å². The number of nitrogens with one attached hydrogen (secondary N) is 2. The standard InChI is InChI=1S/C51H58F3N11O5/c1-55-40-26-46(67)64(30-39(40)54)41-8-13-56-48-36(41)25-35(58(48)2)29-60-14-11-33(12-15-60)47-37(52)23-34(24-38(47)53)50(69)63-16-9-31(10-17-63)27-61-18-20-62(21-19-61)28-32-4-5-42-44(22-32)59(3)51(70)65(42)43-6-7-45(66)57-49(43)68/h4-5,8,13,22-26,30-31,33,43,55H,6-7,9-12,14-21,27-29H2,1-3H3,(H,57,66,68). The minimum atomic E-state index is -0.720. The van der Waals surface area contributed by atoms with Crippen molar-refractivity contribution < 1.29 is 27.6 Å². The number of nitrogens with zero attached hydrogens (tertiary/aromatic N) is 9. The Kier molecular flexibility index (Phi) is 13.0. The van der Waals surface area contributed by atoms with Gasteiger partial charge in [0.2, 0.25) is 11.8 Å². The van der Waals surface area contributed by atoms with Gasteiger partial charge >= 0.3 is 5.69 Å². The maximum atomic E-state index is 15.8. The quantitative estimate of drug-likeness (QED) is 0.172. The zero-order valence-corrected chi connectivity index (χ0v) is 39.7. The normalized spacial score (nSPS) is 19.4. The number of anilines is 1. The smallest absolute Gasteiger partial charge is 0.329 e. The van der Waals surface area contributed by atoms with E-state index >= 15 is 8.78 Å². The van der Waals surface area contributed by atoms with Crippen LogP contribution in [0.25, 0.3) is 27.8 Å². The molecule has 4 fully saturated rings. The molecule has 2 aromatic carbocycles. The first kappa shape index (κ1) is 47.1. The summed E-state index contributed by atoms with van der Waals surface area (Å²) in [5.74, 6) is -2.99. The van der Waals surface area contributed by atoms with Crippen molar-refractivity contribution in [3.8, 4) is 5.69 Å². The molecule has 70 heavy (non-hydrogen) atoms. The molecule has 2 N–H and O–H groups in total. The van der Waals surface area contributed by atoms with E-state index in [9.17, 15) is 28.4 Å². The van der Waals surface area contributed by atoms with Crippen molar-refractivity contribution in [2.75, 3.05) is 71.3 Å². The number of imide groups is 1. The molecular weight excluding hydrogens is 904 g/mol. The lowest BCUT2D eigenvalue weighted by Crippen LogP contribution is -2.48. The van der Waals surface area contributed by atoms with E-state index in [0.717, 1.165) is 68.9 Å². The summed E-state index contributed by atoms with van der Waals surface area (Å²) in [5, 5.41) is 5.75. The Morgan fingerprint density at radius 3 is 2.16 bits per heavy atom. The van der Waals surface area contributed by atoms with Gasteiger partial charge in [0.05, 0.1) is 28.6 Å². The SMILES string of the molecule is CNc1cc(=O)n(-c2ccnc3c2cc(CN2CCC(c4c(F)cc(C(=O)N5CCC(CN6CCN(Cc7ccc8c(c7)n(C)c(=O)n8C7CCC(=O)NC7=O)CC6)CC5)cc4F)CC2)n3C)cc1F. The molecule has 10 rings (SSSR count). The van der Waals surface area contributed by atoms with Gasteiger partial charge in [-0.25, -0.2) is 22.9 Å². The van der Waals surface area contributed by atoms with E-state index in [0.29, 0.717) is 80.1 Å². The third-order valence-electron chi connectivity index (χ3n) is 15.2. The minimum Gasteiger partial charge on any atom is -0.386 e. The van der Waals surface area contributed by atoms with Crippen LogP contribution >= 0.6 is 0 Å². The molecule has 4 aromatic heterocycles. The number of hydrogen-bond acceptors (Lipinski definition) is 10. The highest BCUT2D eigenvalue weighted by Gasteiger charge is 2.33. The zero-order valence-electron chi connectivity index (χ0n) is 39.7. The van der Waals surface area contributed by atoms with Gasteiger partial charge < -0.3 is 19.7 Å². The second-order valence-electron chi connectivity index (χ2n) is 19.5. The number of halogens is 3. The van der Waals surface area contributed by atoms with E-state index in [1.807, 2.05) is 35.9 Å². The van der Waals surface area contributed by atoms with Crippen molar-refractivity contribution in [3.63, 3.8) is 0 Å². The number of imidazole rings is 1. The summed E-state index contributed by atoms with van der Waals surface area (Å²) < 4.78 is 52.7.